The zero-order valence-electron chi connectivity index (χ0n) is 12.6. The summed E-state index contributed by atoms with van der Waals surface area (Å²) in [5.41, 5.74) is 1.23. The molecule has 2 aromatic rings. The first-order valence-corrected chi connectivity index (χ1v) is 8.77. The third kappa shape index (κ3) is 3.59. The second-order valence-corrected chi connectivity index (χ2v) is 7.15. The van der Waals surface area contributed by atoms with E-state index in [4.69, 9.17) is 4.98 Å². The number of aromatic nitrogens is 1. The molecule has 0 radical (unpaired) electrons. The number of hydrogen-bond acceptors (Lipinski definition) is 5. The number of thiazole rings is 1. The summed E-state index contributed by atoms with van der Waals surface area (Å²) >= 11 is 3.64. The number of nitrogens with one attached hydrogen (secondary N) is 1. The van der Waals surface area contributed by atoms with Crippen molar-refractivity contribution in [2.45, 2.75) is 46.3 Å². The second kappa shape index (κ2) is 7.20. The lowest BCUT2D eigenvalue weighted by molar-refractivity contribution is 0.683. The van der Waals surface area contributed by atoms with Crippen molar-refractivity contribution in [3.8, 4) is 0 Å². The molecule has 3 nitrogen and oxygen atoms in total. The zero-order valence-corrected chi connectivity index (χ0v) is 14.3. The van der Waals surface area contributed by atoms with Gasteiger partial charge in [0.2, 0.25) is 0 Å². The molecule has 0 aliphatic rings. The van der Waals surface area contributed by atoms with E-state index in [1.165, 1.54) is 15.4 Å². The standard InChI is InChI=1S/C15H23N3S2/c1-5-13-14(9-16-4)20-15(17-13)18(11(2)3)10-12-7-6-8-19-12/h6-8,11,16H,5,9-10H2,1-4H3. The molecular formula is C15H23N3S2. The first kappa shape index (κ1) is 15.5. The zero-order chi connectivity index (χ0) is 14.5. The van der Waals surface area contributed by atoms with E-state index < -0.39 is 0 Å². The normalized spacial score (nSPS) is 11.2. The summed E-state index contributed by atoms with van der Waals surface area (Å²) in [4.78, 5) is 10.0. The van der Waals surface area contributed by atoms with Crippen molar-refractivity contribution in [1.82, 2.24) is 10.3 Å². The van der Waals surface area contributed by atoms with E-state index in [0.717, 1.165) is 24.6 Å². The van der Waals surface area contributed by atoms with Crippen LogP contribution in [0.15, 0.2) is 17.5 Å². The molecular weight excluding hydrogens is 286 g/mol. The van der Waals surface area contributed by atoms with Gasteiger partial charge in [-0.15, -0.1) is 22.7 Å². The highest BCUT2D eigenvalue weighted by atomic mass is 32.1. The van der Waals surface area contributed by atoms with E-state index >= 15 is 0 Å². The van der Waals surface area contributed by atoms with Crippen molar-refractivity contribution < 1.29 is 0 Å². The lowest BCUT2D eigenvalue weighted by Gasteiger charge is -2.25. The minimum Gasteiger partial charge on any atom is -0.341 e. The predicted molar refractivity (Wildman–Crippen MR) is 89.9 cm³/mol. The van der Waals surface area contributed by atoms with Crippen LogP contribution in [0.5, 0.6) is 0 Å². The maximum atomic E-state index is 4.86. The van der Waals surface area contributed by atoms with Crippen LogP contribution in [0, 0.1) is 0 Å². The highest BCUT2D eigenvalue weighted by Crippen LogP contribution is 2.30. The van der Waals surface area contributed by atoms with Crippen molar-refractivity contribution in [3.63, 3.8) is 0 Å². The highest BCUT2D eigenvalue weighted by Gasteiger charge is 2.18. The molecule has 2 rings (SSSR count). The molecule has 20 heavy (non-hydrogen) atoms. The monoisotopic (exact) mass is 309 g/mol. The Hall–Kier alpha value is -0.910. The van der Waals surface area contributed by atoms with Crippen molar-refractivity contribution in [3.05, 3.63) is 33.0 Å². The molecule has 0 amide bonds. The Kier molecular flexibility index (Phi) is 5.57. The minimum absolute atomic E-state index is 0.454. The quantitative estimate of drug-likeness (QED) is 0.840. The third-order valence-electron chi connectivity index (χ3n) is 3.21. The van der Waals surface area contributed by atoms with Crippen molar-refractivity contribution in [2.75, 3.05) is 11.9 Å². The third-order valence-corrected chi connectivity index (χ3v) is 5.21. The Morgan fingerprint density at radius 1 is 1.40 bits per heavy atom. The first-order chi connectivity index (χ1) is 9.65. The Bertz CT molecular complexity index is 517. The van der Waals surface area contributed by atoms with E-state index in [1.807, 2.05) is 29.7 Å². The van der Waals surface area contributed by atoms with E-state index in [0.29, 0.717) is 6.04 Å². The molecule has 5 heteroatoms. The van der Waals surface area contributed by atoms with Crippen LogP contribution in [-0.4, -0.2) is 18.1 Å². The van der Waals surface area contributed by atoms with Crippen LogP contribution in [0.25, 0.3) is 0 Å². The van der Waals surface area contributed by atoms with Crippen LogP contribution in [0.1, 0.15) is 36.2 Å². The number of rotatable bonds is 7. The van der Waals surface area contributed by atoms with E-state index in [9.17, 15) is 0 Å². The maximum absolute atomic E-state index is 4.86. The highest BCUT2D eigenvalue weighted by molar-refractivity contribution is 7.15. The summed E-state index contributed by atoms with van der Waals surface area (Å²) in [6.07, 6.45) is 0.998. The maximum Gasteiger partial charge on any atom is 0.186 e. The number of thiophene rings is 1. The molecule has 0 fully saturated rings. The van der Waals surface area contributed by atoms with Gasteiger partial charge in [-0.2, -0.15) is 0 Å². The molecule has 0 spiro atoms. The molecule has 0 aliphatic heterocycles. The van der Waals surface area contributed by atoms with Crippen molar-refractivity contribution in [2.24, 2.45) is 0 Å². The average Bonchev–Trinajstić information content (AvgIpc) is 3.05. The van der Waals surface area contributed by atoms with Gasteiger partial charge in [0.15, 0.2) is 5.13 Å². The van der Waals surface area contributed by atoms with Gasteiger partial charge in [-0.3, -0.25) is 0 Å². The lowest BCUT2D eigenvalue weighted by Crippen LogP contribution is -2.29. The van der Waals surface area contributed by atoms with Gasteiger partial charge in [-0.25, -0.2) is 4.98 Å². The summed E-state index contributed by atoms with van der Waals surface area (Å²) in [7, 11) is 1.99. The molecule has 0 unspecified atom stereocenters. The number of anilines is 1. The van der Waals surface area contributed by atoms with Gasteiger partial charge < -0.3 is 10.2 Å². The fourth-order valence-corrected chi connectivity index (χ4v) is 4.10. The van der Waals surface area contributed by atoms with Crippen LogP contribution in [0.3, 0.4) is 0 Å². The summed E-state index contributed by atoms with van der Waals surface area (Å²) in [5, 5.41) is 6.53. The summed E-state index contributed by atoms with van der Waals surface area (Å²) in [6, 6.07) is 4.77. The van der Waals surface area contributed by atoms with Crippen LogP contribution in [-0.2, 0) is 19.5 Å². The Morgan fingerprint density at radius 3 is 2.75 bits per heavy atom. The van der Waals surface area contributed by atoms with E-state index in [1.54, 1.807) is 0 Å². The second-order valence-electron chi connectivity index (χ2n) is 5.05. The van der Waals surface area contributed by atoms with Crippen LogP contribution < -0.4 is 10.2 Å². The van der Waals surface area contributed by atoms with E-state index in [2.05, 4.69) is 48.5 Å². The Labute approximate surface area is 129 Å². The molecule has 0 atom stereocenters. The van der Waals surface area contributed by atoms with E-state index in [-0.39, 0.29) is 0 Å². The number of aryl methyl sites for hydroxylation is 1. The number of hydrogen-bond donors (Lipinski definition) is 1. The average molecular weight is 310 g/mol. The molecule has 0 saturated carbocycles. The summed E-state index contributed by atoms with van der Waals surface area (Å²) < 4.78 is 0. The van der Waals surface area contributed by atoms with Gasteiger partial charge in [0.25, 0.3) is 0 Å². The SMILES string of the molecule is CCc1nc(N(Cc2cccs2)C(C)C)sc1CNC. The van der Waals surface area contributed by atoms with Crippen molar-refractivity contribution >= 4 is 27.8 Å². The molecule has 0 bridgehead atoms. The minimum atomic E-state index is 0.454. The lowest BCUT2D eigenvalue weighted by atomic mass is 10.3. The predicted octanol–water partition coefficient (Wildman–Crippen LogP) is 3.90. The fraction of sp³-hybridized carbons (Fsp3) is 0.533. The number of nitrogens with zero attached hydrogens (tertiary/aromatic N) is 2. The Morgan fingerprint density at radius 2 is 2.20 bits per heavy atom. The van der Waals surface area contributed by atoms with Gasteiger partial charge in [0.05, 0.1) is 12.2 Å². The van der Waals surface area contributed by atoms with Crippen LogP contribution >= 0.6 is 22.7 Å². The molecule has 110 valence electrons. The largest absolute Gasteiger partial charge is 0.341 e. The molecule has 1 N–H and O–H groups in total. The van der Waals surface area contributed by atoms with Crippen LogP contribution in [0.4, 0.5) is 5.13 Å². The van der Waals surface area contributed by atoms with Gasteiger partial charge in [-0.1, -0.05) is 13.0 Å². The summed E-state index contributed by atoms with van der Waals surface area (Å²) in [5.74, 6) is 0. The summed E-state index contributed by atoms with van der Waals surface area (Å²) in [6.45, 7) is 8.50. The Balaban J connectivity index is 2.24. The van der Waals surface area contributed by atoms with Gasteiger partial charge >= 0.3 is 0 Å². The van der Waals surface area contributed by atoms with Gasteiger partial charge in [0.1, 0.15) is 0 Å². The molecule has 2 aromatic heterocycles. The van der Waals surface area contributed by atoms with Gasteiger partial charge in [0, 0.05) is 22.3 Å². The molecule has 0 aliphatic carbocycles. The fourth-order valence-electron chi connectivity index (χ4n) is 2.11. The molecule has 2 heterocycles. The smallest absolute Gasteiger partial charge is 0.186 e. The van der Waals surface area contributed by atoms with Crippen molar-refractivity contribution in [1.29, 1.82) is 0 Å². The molecule has 0 aromatic carbocycles. The topological polar surface area (TPSA) is 28.2 Å². The van der Waals surface area contributed by atoms with Gasteiger partial charge in [-0.05, 0) is 38.8 Å². The van der Waals surface area contributed by atoms with Crippen LogP contribution in [0.2, 0.25) is 0 Å². The molecule has 0 saturated heterocycles. The first-order valence-electron chi connectivity index (χ1n) is 7.07.